The number of amides is 1. The highest BCUT2D eigenvalue weighted by Gasteiger charge is 2.31. The largest absolute Gasteiger partial charge is 0.361 e. The van der Waals surface area contributed by atoms with Gasteiger partial charge in [0.05, 0.1) is 6.04 Å². The highest BCUT2D eigenvalue weighted by Crippen LogP contribution is 2.32. The molecule has 0 N–H and O–H groups in total. The van der Waals surface area contributed by atoms with Gasteiger partial charge in [-0.1, -0.05) is 5.16 Å². The van der Waals surface area contributed by atoms with Crippen molar-refractivity contribution in [1.29, 1.82) is 0 Å². The molecular weight excluding hydrogens is 242 g/mol. The molecule has 1 aliphatic heterocycles. The number of nitrogens with zero attached hydrogens (tertiary/aromatic N) is 3. The van der Waals surface area contributed by atoms with E-state index in [9.17, 15) is 4.79 Å². The minimum Gasteiger partial charge on any atom is -0.361 e. The van der Waals surface area contributed by atoms with Gasteiger partial charge in [-0.05, 0) is 37.5 Å². The third kappa shape index (κ3) is 2.23. The number of rotatable bonds is 2. The van der Waals surface area contributed by atoms with E-state index in [0.717, 1.165) is 24.9 Å². The van der Waals surface area contributed by atoms with Crippen molar-refractivity contribution >= 4 is 5.91 Å². The third-order valence-corrected chi connectivity index (χ3v) is 3.45. The maximum Gasteiger partial charge on any atom is 0.276 e. The van der Waals surface area contributed by atoms with Gasteiger partial charge in [0, 0.05) is 25.0 Å². The lowest BCUT2D eigenvalue weighted by atomic mass is 10.1. The molecule has 0 radical (unpaired) electrons. The van der Waals surface area contributed by atoms with Gasteiger partial charge in [-0.2, -0.15) is 0 Å². The first-order chi connectivity index (χ1) is 9.25. The molecule has 1 amide bonds. The van der Waals surface area contributed by atoms with E-state index < -0.39 is 0 Å². The van der Waals surface area contributed by atoms with E-state index >= 15 is 0 Å². The summed E-state index contributed by atoms with van der Waals surface area (Å²) in [6, 6.07) is 5.73. The van der Waals surface area contributed by atoms with Crippen molar-refractivity contribution < 1.29 is 9.32 Å². The summed E-state index contributed by atoms with van der Waals surface area (Å²) in [5, 5.41) is 3.81. The minimum atomic E-state index is -0.0591. The number of carbonyl (C=O) groups excluding carboxylic acids is 1. The lowest BCUT2D eigenvalue weighted by molar-refractivity contribution is 0.0725. The fourth-order valence-corrected chi connectivity index (χ4v) is 2.56. The number of hydrogen-bond acceptors (Lipinski definition) is 4. The second-order valence-electron chi connectivity index (χ2n) is 4.76. The first kappa shape index (κ1) is 11.9. The van der Waals surface area contributed by atoms with Crippen LogP contribution in [0.1, 0.15) is 40.7 Å². The average molecular weight is 257 g/mol. The summed E-state index contributed by atoms with van der Waals surface area (Å²) in [5.74, 6) is 0.596. The minimum absolute atomic E-state index is 0.0591. The zero-order valence-electron chi connectivity index (χ0n) is 10.7. The van der Waals surface area contributed by atoms with E-state index in [2.05, 4.69) is 10.1 Å². The molecule has 1 fully saturated rings. The van der Waals surface area contributed by atoms with Crippen LogP contribution in [0.5, 0.6) is 0 Å². The third-order valence-electron chi connectivity index (χ3n) is 3.45. The summed E-state index contributed by atoms with van der Waals surface area (Å²) in [5.41, 5.74) is 1.51. The summed E-state index contributed by atoms with van der Waals surface area (Å²) in [4.78, 5) is 18.3. The molecule has 1 aliphatic rings. The molecule has 0 saturated carbocycles. The Morgan fingerprint density at radius 1 is 1.42 bits per heavy atom. The maximum atomic E-state index is 12.4. The molecule has 0 aromatic carbocycles. The van der Waals surface area contributed by atoms with Crippen molar-refractivity contribution in [3.8, 4) is 0 Å². The number of aromatic nitrogens is 2. The highest BCUT2D eigenvalue weighted by molar-refractivity contribution is 5.92. The van der Waals surface area contributed by atoms with Crippen LogP contribution < -0.4 is 0 Å². The fourth-order valence-electron chi connectivity index (χ4n) is 2.56. The molecule has 0 unspecified atom stereocenters. The topological polar surface area (TPSA) is 59.2 Å². The fraction of sp³-hybridized carbons (Fsp3) is 0.357. The lowest BCUT2D eigenvalue weighted by Gasteiger charge is -2.23. The summed E-state index contributed by atoms with van der Waals surface area (Å²) in [6.45, 7) is 2.55. The number of hydrogen-bond donors (Lipinski definition) is 0. The van der Waals surface area contributed by atoms with Crippen LogP contribution in [-0.4, -0.2) is 27.5 Å². The molecule has 19 heavy (non-hydrogen) atoms. The van der Waals surface area contributed by atoms with Gasteiger partial charge in [0.25, 0.3) is 5.91 Å². The lowest BCUT2D eigenvalue weighted by Crippen LogP contribution is -2.30. The summed E-state index contributed by atoms with van der Waals surface area (Å²) >= 11 is 0. The van der Waals surface area contributed by atoms with E-state index in [-0.39, 0.29) is 11.9 Å². The van der Waals surface area contributed by atoms with E-state index in [1.807, 2.05) is 17.0 Å². The second-order valence-corrected chi connectivity index (χ2v) is 4.76. The molecule has 2 aromatic heterocycles. The smallest absolute Gasteiger partial charge is 0.276 e. The molecule has 5 nitrogen and oxygen atoms in total. The molecule has 0 aliphatic carbocycles. The van der Waals surface area contributed by atoms with Crippen LogP contribution in [0.3, 0.4) is 0 Å². The van der Waals surface area contributed by atoms with Gasteiger partial charge in [-0.25, -0.2) is 0 Å². The van der Waals surface area contributed by atoms with Crippen LogP contribution in [0, 0.1) is 6.92 Å². The van der Waals surface area contributed by atoms with Crippen molar-refractivity contribution in [3.05, 3.63) is 47.6 Å². The Morgan fingerprint density at radius 3 is 2.89 bits per heavy atom. The molecule has 0 bridgehead atoms. The zero-order chi connectivity index (χ0) is 13.2. The monoisotopic (exact) mass is 257 g/mol. The number of carbonyl (C=O) groups is 1. The number of likely N-dealkylation sites (tertiary alicyclic amines) is 1. The van der Waals surface area contributed by atoms with Crippen molar-refractivity contribution in [2.24, 2.45) is 0 Å². The summed E-state index contributed by atoms with van der Waals surface area (Å²) in [7, 11) is 0. The molecule has 1 atom stereocenters. The van der Waals surface area contributed by atoms with Crippen molar-refractivity contribution in [2.45, 2.75) is 25.8 Å². The second kappa shape index (κ2) is 4.84. The summed E-state index contributed by atoms with van der Waals surface area (Å²) < 4.78 is 4.98. The molecule has 5 heteroatoms. The van der Waals surface area contributed by atoms with Gasteiger partial charge in [0.1, 0.15) is 5.76 Å². The number of pyridine rings is 1. The van der Waals surface area contributed by atoms with Crippen LogP contribution in [0.25, 0.3) is 0 Å². The van der Waals surface area contributed by atoms with Crippen molar-refractivity contribution in [1.82, 2.24) is 15.0 Å². The Bertz CT molecular complexity index is 579. The Balaban J connectivity index is 1.86. The van der Waals surface area contributed by atoms with E-state index in [0.29, 0.717) is 11.5 Å². The molecule has 3 rings (SSSR count). The Morgan fingerprint density at radius 2 is 2.21 bits per heavy atom. The van der Waals surface area contributed by atoms with Crippen molar-refractivity contribution in [3.63, 3.8) is 0 Å². The Hall–Kier alpha value is -2.17. The van der Waals surface area contributed by atoms with E-state index in [1.54, 1.807) is 25.4 Å². The molecular formula is C14H15N3O2. The van der Waals surface area contributed by atoms with Crippen LogP contribution in [0.15, 0.2) is 35.1 Å². The summed E-state index contributed by atoms with van der Waals surface area (Å²) in [6.07, 6.45) is 5.51. The van der Waals surface area contributed by atoms with Gasteiger partial charge in [-0.15, -0.1) is 0 Å². The van der Waals surface area contributed by atoms with Gasteiger partial charge < -0.3 is 9.42 Å². The Kier molecular flexibility index (Phi) is 3.03. The van der Waals surface area contributed by atoms with Gasteiger partial charge in [-0.3, -0.25) is 9.78 Å². The average Bonchev–Trinajstić information content (AvgIpc) is 3.07. The molecule has 3 heterocycles. The predicted octanol–water partition coefficient (Wildman–Crippen LogP) is 2.36. The first-order valence-electron chi connectivity index (χ1n) is 6.40. The van der Waals surface area contributed by atoms with Crippen LogP contribution in [-0.2, 0) is 0 Å². The number of aryl methyl sites for hydroxylation is 1. The highest BCUT2D eigenvalue weighted by atomic mass is 16.5. The van der Waals surface area contributed by atoms with Gasteiger partial charge >= 0.3 is 0 Å². The first-order valence-corrected chi connectivity index (χ1v) is 6.40. The normalized spacial score (nSPS) is 18.8. The van der Waals surface area contributed by atoms with Gasteiger partial charge in [0.2, 0.25) is 0 Å². The van der Waals surface area contributed by atoms with Crippen molar-refractivity contribution in [2.75, 3.05) is 6.54 Å². The SMILES string of the molecule is Cc1cc(C(=O)N2CCC[C@H]2c2ccncc2)no1. The van der Waals surface area contributed by atoms with Crippen LogP contribution >= 0.6 is 0 Å². The maximum absolute atomic E-state index is 12.4. The molecule has 2 aromatic rings. The van der Waals surface area contributed by atoms with Crippen LogP contribution in [0.2, 0.25) is 0 Å². The van der Waals surface area contributed by atoms with E-state index in [4.69, 9.17) is 4.52 Å². The van der Waals surface area contributed by atoms with Gasteiger partial charge in [0.15, 0.2) is 5.69 Å². The zero-order valence-corrected chi connectivity index (χ0v) is 10.7. The predicted molar refractivity (Wildman–Crippen MR) is 68.5 cm³/mol. The Labute approximate surface area is 111 Å². The standard InChI is InChI=1S/C14H15N3O2/c1-10-9-12(16-19-10)14(18)17-8-2-3-13(17)11-4-6-15-7-5-11/h4-7,9,13H,2-3,8H2,1H3/t13-/m0/s1. The quantitative estimate of drug-likeness (QED) is 0.828. The van der Waals surface area contributed by atoms with Crippen LogP contribution in [0.4, 0.5) is 0 Å². The molecule has 98 valence electrons. The molecule has 0 spiro atoms. The molecule has 1 saturated heterocycles. The van der Waals surface area contributed by atoms with E-state index in [1.165, 1.54) is 0 Å².